The van der Waals surface area contributed by atoms with Crippen LogP contribution >= 0.6 is 0 Å². The zero-order valence-corrected chi connectivity index (χ0v) is 13.5. The van der Waals surface area contributed by atoms with E-state index in [-0.39, 0.29) is 17.5 Å². The third kappa shape index (κ3) is 3.05. The van der Waals surface area contributed by atoms with Gasteiger partial charge in [0.25, 0.3) is 5.91 Å². The molecule has 24 heavy (non-hydrogen) atoms. The van der Waals surface area contributed by atoms with Crippen LogP contribution in [0, 0.1) is 5.82 Å². The van der Waals surface area contributed by atoms with Gasteiger partial charge in [0.05, 0.1) is 12.2 Å². The van der Waals surface area contributed by atoms with Crippen molar-refractivity contribution >= 4 is 11.7 Å². The normalized spacial score (nSPS) is 12.1. The van der Waals surface area contributed by atoms with Crippen LogP contribution in [0.25, 0.3) is 5.69 Å². The molecule has 3 rings (SSSR count). The van der Waals surface area contributed by atoms with Gasteiger partial charge in [-0.15, -0.1) is 0 Å². The van der Waals surface area contributed by atoms with Crippen LogP contribution < -0.4 is 5.32 Å². The number of aromatic nitrogens is 4. The highest BCUT2D eigenvalue weighted by atomic mass is 19.1. The zero-order valence-electron chi connectivity index (χ0n) is 13.5. The summed E-state index contributed by atoms with van der Waals surface area (Å²) < 4.78 is 17.4. The van der Waals surface area contributed by atoms with E-state index in [1.807, 2.05) is 13.8 Å². The van der Waals surface area contributed by atoms with Crippen molar-refractivity contribution in [3.63, 3.8) is 0 Å². The second kappa shape index (κ2) is 6.66. The van der Waals surface area contributed by atoms with Gasteiger partial charge in [0, 0.05) is 24.0 Å². The maximum Gasteiger partial charge on any atom is 0.256 e. The summed E-state index contributed by atoms with van der Waals surface area (Å²) in [5.74, 6) is -0.307. The van der Waals surface area contributed by atoms with Gasteiger partial charge in [-0.2, -0.15) is 10.2 Å². The largest absolute Gasteiger partial charge is 0.307 e. The summed E-state index contributed by atoms with van der Waals surface area (Å²) in [5, 5.41) is 11.0. The minimum absolute atomic E-state index is 0.161. The first-order valence-corrected chi connectivity index (χ1v) is 7.74. The van der Waals surface area contributed by atoms with Crippen LogP contribution in [0.2, 0.25) is 0 Å². The van der Waals surface area contributed by atoms with Crippen LogP contribution in [0.3, 0.4) is 0 Å². The van der Waals surface area contributed by atoms with Crippen molar-refractivity contribution < 1.29 is 9.18 Å². The Hall–Kier alpha value is -2.96. The fourth-order valence-electron chi connectivity index (χ4n) is 2.37. The molecule has 124 valence electrons. The van der Waals surface area contributed by atoms with E-state index < -0.39 is 5.82 Å². The van der Waals surface area contributed by atoms with Crippen LogP contribution in [-0.2, 0) is 0 Å². The Bertz CT molecular complexity index is 841. The lowest BCUT2D eigenvalue weighted by molar-refractivity contribution is 0.102. The predicted octanol–water partition coefficient (Wildman–Crippen LogP) is 3.43. The van der Waals surface area contributed by atoms with Gasteiger partial charge < -0.3 is 5.32 Å². The molecule has 2 aromatic heterocycles. The molecule has 2 heterocycles. The van der Waals surface area contributed by atoms with Gasteiger partial charge in [0.15, 0.2) is 0 Å². The average molecular weight is 327 g/mol. The highest BCUT2D eigenvalue weighted by Gasteiger charge is 2.14. The van der Waals surface area contributed by atoms with Crippen molar-refractivity contribution in [2.24, 2.45) is 0 Å². The second-order valence-electron chi connectivity index (χ2n) is 5.49. The number of halogens is 1. The van der Waals surface area contributed by atoms with Crippen LogP contribution in [0.5, 0.6) is 0 Å². The van der Waals surface area contributed by atoms with Gasteiger partial charge in [0.1, 0.15) is 17.3 Å². The molecule has 0 saturated carbocycles. The molecule has 0 spiro atoms. The molecule has 7 heteroatoms. The number of nitrogens with zero attached hydrogens (tertiary/aromatic N) is 4. The molecule has 0 fully saturated rings. The van der Waals surface area contributed by atoms with Crippen LogP contribution in [0.1, 0.15) is 36.7 Å². The van der Waals surface area contributed by atoms with Gasteiger partial charge in [-0.1, -0.05) is 6.92 Å². The Labute approximate surface area is 138 Å². The number of amides is 1. The maximum absolute atomic E-state index is 14.3. The first-order chi connectivity index (χ1) is 11.6. The van der Waals surface area contributed by atoms with Crippen molar-refractivity contribution in [2.75, 3.05) is 5.32 Å². The van der Waals surface area contributed by atoms with Gasteiger partial charge in [-0.05, 0) is 37.6 Å². The van der Waals surface area contributed by atoms with E-state index >= 15 is 0 Å². The van der Waals surface area contributed by atoms with Crippen molar-refractivity contribution in [3.8, 4) is 5.69 Å². The Kier molecular flexibility index (Phi) is 4.41. The quantitative estimate of drug-likeness (QED) is 0.781. The smallest absolute Gasteiger partial charge is 0.256 e. The summed E-state index contributed by atoms with van der Waals surface area (Å²) in [4.78, 5) is 12.4. The molecule has 1 N–H and O–H groups in total. The molecule has 3 aromatic rings. The van der Waals surface area contributed by atoms with Gasteiger partial charge in [-0.3, -0.25) is 4.79 Å². The minimum atomic E-state index is -0.512. The van der Waals surface area contributed by atoms with E-state index in [1.165, 1.54) is 16.8 Å². The predicted molar refractivity (Wildman–Crippen MR) is 88.7 cm³/mol. The lowest BCUT2D eigenvalue weighted by atomic mass is 10.2. The van der Waals surface area contributed by atoms with Crippen LogP contribution in [-0.4, -0.2) is 25.5 Å². The van der Waals surface area contributed by atoms with E-state index in [4.69, 9.17) is 0 Å². The fraction of sp³-hybridized carbons (Fsp3) is 0.235. The van der Waals surface area contributed by atoms with Crippen LogP contribution in [0.4, 0.5) is 10.2 Å². The number of carbonyl (C=O) groups is 1. The Balaban J connectivity index is 1.81. The lowest BCUT2D eigenvalue weighted by Crippen LogP contribution is -2.17. The first-order valence-electron chi connectivity index (χ1n) is 7.74. The average Bonchev–Trinajstić information content (AvgIpc) is 3.25. The summed E-state index contributed by atoms with van der Waals surface area (Å²) >= 11 is 0. The topological polar surface area (TPSA) is 64.7 Å². The molecule has 0 saturated heterocycles. The molecule has 1 atom stereocenters. The Morgan fingerprint density at radius 1 is 1.29 bits per heavy atom. The third-order valence-corrected chi connectivity index (χ3v) is 3.88. The molecular weight excluding hydrogens is 309 g/mol. The highest BCUT2D eigenvalue weighted by Crippen LogP contribution is 2.19. The molecule has 1 aromatic carbocycles. The van der Waals surface area contributed by atoms with E-state index in [1.54, 1.807) is 41.5 Å². The lowest BCUT2D eigenvalue weighted by Gasteiger charge is -2.14. The van der Waals surface area contributed by atoms with Crippen molar-refractivity contribution in [1.29, 1.82) is 0 Å². The molecule has 6 nitrogen and oxygen atoms in total. The molecule has 0 bridgehead atoms. The molecule has 1 amide bonds. The van der Waals surface area contributed by atoms with Gasteiger partial charge in [-0.25, -0.2) is 13.8 Å². The summed E-state index contributed by atoms with van der Waals surface area (Å²) in [7, 11) is 0. The summed E-state index contributed by atoms with van der Waals surface area (Å²) in [5.41, 5.74) is 0.529. The molecule has 0 aliphatic carbocycles. The van der Waals surface area contributed by atoms with Crippen molar-refractivity contribution in [3.05, 3.63) is 60.3 Å². The number of hydrogen-bond donors (Lipinski definition) is 1. The summed E-state index contributed by atoms with van der Waals surface area (Å²) in [6.45, 7) is 4.06. The monoisotopic (exact) mass is 327 g/mol. The number of anilines is 1. The number of carbonyl (C=O) groups excluding carboxylic acids is 1. The van der Waals surface area contributed by atoms with E-state index in [9.17, 15) is 9.18 Å². The van der Waals surface area contributed by atoms with Crippen molar-refractivity contribution in [1.82, 2.24) is 19.6 Å². The van der Waals surface area contributed by atoms with Crippen LogP contribution in [0.15, 0.2) is 48.9 Å². The van der Waals surface area contributed by atoms with E-state index in [0.717, 1.165) is 6.42 Å². The summed E-state index contributed by atoms with van der Waals surface area (Å²) in [6, 6.07) is 7.89. The maximum atomic E-state index is 14.3. The molecular formula is C17H18FN5O. The highest BCUT2D eigenvalue weighted by molar-refractivity contribution is 6.03. The van der Waals surface area contributed by atoms with Crippen molar-refractivity contribution in [2.45, 2.75) is 26.3 Å². The van der Waals surface area contributed by atoms with E-state index in [2.05, 4.69) is 15.5 Å². The van der Waals surface area contributed by atoms with Gasteiger partial charge in [0.2, 0.25) is 0 Å². The molecule has 0 radical (unpaired) electrons. The standard InChI is InChI=1S/C17H18FN5O/c1-3-12(2)23-16(7-9-20-23)21-17(24)13-5-6-15(14(18)11-13)22-10-4-8-19-22/h4-12H,3H2,1-2H3,(H,21,24)/t12-/m1/s1. The van der Waals surface area contributed by atoms with E-state index in [0.29, 0.717) is 11.5 Å². The number of nitrogens with one attached hydrogen (secondary N) is 1. The number of hydrogen-bond acceptors (Lipinski definition) is 3. The summed E-state index contributed by atoms with van der Waals surface area (Å²) in [6.07, 6.45) is 5.72. The SMILES string of the molecule is CC[C@@H](C)n1nccc1NC(=O)c1ccc(-n2cccn2)c(F)c1. The number of benzene rings is 1. The first kappa shape index (κ1) is 15.9. The number of rotatable bonds is 5. The second-order valence-corrected chi connectivity index (χ2v) is 5.49. The minimum Gasteiger partial charge on any atom is -0.307 e. The third-order valence-electron chi connectivity index (χ3n) is 3.88. The van der Waals surface area contributed by atoms with Gasteiger partial charge >= 0.3 is 0 Å². The zero-order chi connectivity index (χ0) is 17.1. The Morgan fingerprint density at radius 3 is 2.79 bits per heavy atom. The Morgan fingerprint density at radius 2 is 2.12 bits per heavy atom. The molecule has 0 aliphatic rings. The fourth-order valence-corrected chi connectivity index (χ4v) is 2.37. The molecule has 0 unspecified atom stereocenters. The molecule has 0 aliphatic heterocycles.